The quantitative estimate of drug-likeness (QED) is 0.329. The molecular weight excluding hydrogens is 409 g/mol. The molecule has 3 nitrogen and oxygen atoms in total. The molecule has 2 aromatic carbocycles. The van der Waals surface area contributed by atoms with Gasteiger partial charge in [-0.3, -0.25) is 9.97 Å². The Morgan fingerprint density at radius 3 is 2.19 bits per heavy atom. The minimum Gasteiger partial charge on any atom is -0.354 e. The lowest BCUT2D eigenvalue weighted by Crippen LogP contribution is -1.89. The molecule has 1 N–H and O–H groups in total. The van der Waals surface area contributed by atoms with E-state index in [4.69, 9.17) is 11.6 Å². The van der Waals surface area contributed by atoms with E-state index in [9.17, 15) is 0 Å². The van der Waals surface area contributed by atoms with Crippen molar-refractivity contribution >= 4 is 11.6 Å². The number of aromatic nitrogens is 3. The largest absolute Gasteiger partial charge is 0.354 e. The second-order valence-corrected chi connectivity index (χ2v) is 7.56. The predicted molar refractivity (Wildman–Crippen MR) is 123 cm³/mol. The number of rotatable bonds is 4. The van der Waals surface area contributed by atoms with Crippen molar-refractivity contribution in [2.24, 2.45) is 0 Å². The van der Waals surface area contributed by atoms with E-state index in [2.05, 4.69) is 15.0 Å². The van der Waals surface area contributed by atoms with Crippen LogP contribution in [0, 0.1) is 5.82 Å². The third kappa shape index (κ3) is 3.86. The molecule has 5 heteroatoms. The van der Waals surface area contributed by atoms with Crippen LogP contribution in [0.5, 0.6) is 0 Å². The second-order valence-electron chi connectivity index (χ2n) is 7.12. The molecule has 0 bridgehead atoms. The van der Waals surface area contributed by atoms with Crippen LogP contribution >= 0.6 is 11.6 Å². The fourth-order valence-electron chi connectivity index (χ4n) is 3.62. The number of pyridine rings is 2. The SMILES string of the molecule is Fc1cc(-c2ccccn2)ccc1-c1cc(-c2ccc(Cl)cc2)[nH]c1-c1ccncc1. The van der Waals surface area contributed by atoms with Crippen molar-refractivity contribution in [2.75, 3.05) is 0 Å². The maximum Gasteiger partial charge on any atom is 0.131 e. The molecule has 0 saturated carbocycles. The van der Waals surface area contributed by atoms with Gasteiger partial charge in [0.1, 0.15) is 5.82 Å². The first-order valence-electron chi connectivity index (χ1n) is 9.80. The highest BCUT2D eigenvalue weighted by Crippen LogP contribution is 2.38. The van der Waals surface area contributed by atoms with Gasteiger partial charge in [0.05, 0.1) is 11.4 Å². The number of hydrogen-bond acceptors (Lipinski definition) is 2. The summed E-state index contributed by atoms with van der Waals surface area (Å²) in [5.74, 6) is -0.305. The fraction of sp³-hybridized carbons (Fsp3) is 0. The first-order chi connectivity index (χ1) is 15.2. The van der Waals surface area contributed by atoms with Crippen LogP contribution in [0.15, 0.2) is 97.5 Å². The Bertz CT molecular complexity index is 1330. The van der Waals surface area contributed by atoms with Gasteiger partial charge >= 0.3 is 0 Å². The molecular formula is C26H17ClFN3. The Labute approximate surface area is 184 Å². The highest BCUT2D eigenvalue weighted by Gasteiger charge is 2.17. The Hall–Kier alpha value is -3.76. The van der Waals surface area contributed by atoms with Crippen molar-refractivity contribution in [2.45, 2.75) is 0 Å². The molecule has 5 aromatic rings. The van der Waals surface area contributed by atoms with E-state index in [0.29, 0.717) is 10.6 Å². The van der Waals surface area contributed by atoms with Gasteiger partial charge in [-0.2, -0.15) is 0 Å². The zero-order valence-corrected chi connectivity index (χ0v) is 17.1. The van der Waals surface area contributed by atoms with Crippen LogP contribution in [0.4, 0.5) is 4.39 Å². The third-order valence-electron chi connectivity index (χ3n) is 5.16. The van der Waals surface area contributed by atoms with Crippen LogP contribution in [0.1, 0.15) is 0 Å². The van der Waals surface area contributed by atoms with Gasteiger partial charge in [-0.25, -0.2) is 4.39 Å². The van der Waals surface area contributed by atoms with E-state index in [1.165, 1.54) is 6.07 Å². The van der Waals surface area contributed by atoms with E-state index >= 15 is 4.39 Å². The molecule has 3 aromatic heterocycles. The van der Waals surface area contributed by atoms with Gasteiger partial charge in [-0.15, -0.1) is 0 Å². The van der Waals surface area contributed by atoms with Crippen LogP contribution in [0.3, 0.4) is 0 Å². The Morgan fingerprint density at radius 1 is 0.710 bits per heavy atom. The molecule has 3 heterocycles. The molecule has 0 radical (unpaired) electrons. The van der Waals surface area contributed by atoms with Crippen molar-refractivity contribution in [1.29, 1.82) is 0 Å². The summed E-state index contributed by atoms with van der Waals surface area (Å²) in [6, 6.07) is 24.2. The Balaban J connectivity index is 1.65. The summed E-state index contributed by atoms with van der Waals surface area (Å²) in [5.41, 5.74) is 6.38. The topological polar surface area (TPSA) is 41.6 Å². The summed E-state index contributed by atoms with van der Waals surface area (Å²) in [7, 11) is 0. The maximum absolute atomic E-state index is 15.3. The van der Waals surface area contributed by atoms with E-state index in [-0.39, 0.29) is 5.82 Å². The average Bonchev–Trinajstić information content (AvgIpc) is 3.26. The normalized spacial score (nSPS) is 10.9. The van der Waals surface area contributed by atoms with E-state index in [1.807, 2.05) is 66.7 Å². The van der Waals surface area contributed by atoms with Crippen molar-refractivity contribution in [3.8, 4) is 44.9 Å². The second kappa shape index (κ2) is 8.17. The number of nitrogens with one attached hydrogen (secondary N) is 1. The van der Waals surface area contributed by atoms with Gasteiger partial charge in [0, 0.05) is 51.6 Å². The monoisotopic (exact) mass is 425 g/mol. The van der Waals surface area contributed by atoms with Crippen molar-refractivity contribution in [3.05, 3.63) is 108 Å². The van der Waals surface area contributed by atoms with Gasteiger partial charge in [-0.1, -0.05) is 41.9 Å². The van der Waals surface area contributed by atoms with E-state index < -0.39 is 0 Å². The zero-order chi connectivity index (χ0) is 21.2. The molecule has 0 aliphatic rings. The summed E-state index contributed by atoms with van der Waals surface area (Å²) in [4.78, 5) is 11.9. The number of aromatic amines is 1. The lowest BCUT2D eigenvalue weighted by molar-refractivity contribution is 0.632. The molecule has 0 atom stereocenters. The van der Waals surface area contributed by atoms with Crippen molar-refractivity contribution in [1.82, 2.24) is 15.0 Å². The van der Waals surface area contributed by atoms with Gasteiger partial charge < -0.3 is 4.98 Å². The van der Waals surface area contributed by atoms with E-state index in [0.717, 1.165) is 39.3 Å². The minimum absolute atomic E-state index is 0.305. The zero-order valence-electron chi connectivity index (χ0n) is 16.4. The van der Waals surface area contributed by atoms with Crippen molar-refractivity contribution in [3.63, 3.8) is 0 Å². The maximum atomic E-state index is 15.3. The number of benzene rings is 2. The van der Waals surface area contributed by atoms with Crippen LogP contribution in [0.2, 0.25) is 5.02 Å². The number of H-pyrrole nitrogens is 1. The molecule has 0 saturated heterocycles. The molecule has 0 spiro atoms. The first kappa shape index (κ1) is 19.2. The average molecular weight is 426 g/mol. The smallest absolute Gasteiger partial charge is 0.131 e. The molecule has 0 aliphatic heterocycles. The lowest BCUT2D eigenvalue weighted by atomic mass is 9.99. The first-order valence-corrected chi connectivity index (χ1v) is 10.2. The highest BCUT2D eigenvalue weighted by molar-refractivity contribution is 6.30. The van der Waals surface area contributed by atoms with Crippen LogP contribution in [-0.2, 0) is 0 Å². The number of hydrogen-bond donors (Lipinski definition) is 1. The summed E-state index contributed by atoms with van der Waals surface area (Å²) in [6.07, 6.45) is 5.15. The molecule has 0 amide bonds. The minimum atomic E-state index is -0.305. The van der Waals surface area contributed by atoms with Crippen LogP contribution < -0.4 is 0 Å². The summed E-state index contributed by atoms with van der Waals surface area (Å²) < 4.78 is 15.3. The summed E-state index contributed by atoms with van der Waals surface area (Å²) >= 11 is 6.04. The van der Waals surface area contributed by atoms with Gasteiger partial charge in [-0.05, 0) is 54.1 Å². The molecule has 150 valence electrons. The molecule has 0 unspecified atom stereocenters. The third-order valence-corrected chi connectivity index (χ3v) is 5.41. The van der Waals surface area contributed by atoms with E-state index in [1.54, 1.807) is 24.7 Å². The molecule has 0 aliphatic carbocycles. The van der Waals surface area contributed by atoms with Crippen LogP contribution in [0.25, 0.3) is 44.9 Å². The molecule has 5 rings (SSSR count). The van der Waals surface area contributed by atoms with Gasteiger partial charge in [0.25, 0.3) is 0 Å². The highest BCUT2D eigenvalue weighted by atomic mass is 35.5. The Morgan fingerprint density at radius 2 is 1.48 bits per heavy atom. The van der Waals surface area contributed by atoms with Crippen LogP contribution in [-0.4, -0.2) is 15.0 Å². The van der Waals surface area contributed by atoms with Crippen molar-refractivity contribution < 1.29 is 4.39 Å². The molecule has 31 heavy (non-hydrogen) atoms. The van der Waals surface area contributed by atoms with Gasteiger partial charge in [0.2, 0.25) is 0 Å². The lowest BCUT2D eigenvalue weighted by Gasteiger charge is -2.08. The standard InChI is InChI=1S/C26H17ClFN3/c27-20-7-4-17(5-8-20)25-16-22(26(31-25)18-10-13-29-14-11-18)21-9-6-19(15-23(21)28)24-3-1-2-12-30-24/h1-16,31H. The fourth-order valence-corrected chi connectivity index (χ4v) is 3.75. The summed E-state index contributed by atoms with van der Waals surface area (Å²) in [5, 5.41) is 0.668. The summed E-state index contributed by atoms with van der Waals surface area (Å²) in [6.45, 7) is 0. The Kier molecular flexibility index (Phi) is 5.06. The molecule has 0 fully saturated rings. The predicted octanol–water partition coefficient (Wildman–Crippen LogP) is 7.27. The number of halogens is 2. The number of nitrogens with zero attached hydrogens (tertiary/aromatic N) is 2. The van der Waals surface area contributed by atoms with Gasteiger partial charge in [0.15, 0.2) is 0 Å².